The van der Waals surface area contributed by atoms with Gasteiger partial charge in [-0.15, -0.1) is 0 Å². The monoisotopic (exact) mass is 457 g/mol. The molecule has 0 fully saturated rings. The lowest BCUT2D eigenvalue weighted by molar-refractivity contribution is -0.152. The summed E-state index contributed by atoms with van der Waals surface area (Å²) in [5.74, 6) is -2.11. The molecule has 1 heterocycles. The SMILES string of the molecule is CCOC(=O)C(=O)Nc1ccc(NC(=O)c2cc(Br)c(Br)[nH]2)cc1. The van der Waals surface area contributed by atoms with Gasteiger partial charge in [0, 0.05) is 11.4 Å². The van der Waals surface area contributed by atoms with Crippen molar-refractivity contribution in [1.29, 1.82) is 0 Å². The predicted molar refractivity (Wildman–Crippen MR) is 95.9 cm³/mol. The van der Waals surface area contributed by atoms with Crippen LogP contribution in [0.5, 0.6) is 0 Å². The molecule has 0 atom stereocenters. The van der Waals surface area contributed by atoms with Gasteiger partial charge in [0.15, 0.2) is 0 Å². The van der Waals surface area contributed by atoms with Crippen LogP contribution in [0, 0.1) is 0 Å². The second kappa shape index (κ2) is 8.11. The summed E-state index contributed by atoms with van der Waals surface area (Å²) < 4.78 is 6.01. The Balaban J connectivity index is 1.98. The molecule has 0 saturated heterocycles. The first-order valence-corrected chi connectivity index (χ1v) is 8.42. The number of H-pyrrole nitrogens is 1. The second-order valence-corrected chi connectivity index (χ2v) is 6.20. The molecule has 0 unspecified atom stereocenters. The Morgan fingerprint density at radius 2 is 1.67 bits per heavy atom. The zero-order valence-electron chi connectivity index (χ0n) is 12.5. The van der Waals surface area contributed by atoms with Gasteiger partial charge in [-0.2, -0.15) is 0 Å². The van der Waals surface area contributed by atoms with E-state index in [1.807, 2.05) is 0 Å². The molecule has 0 aliphatic heterocycles. The summed E-state index contributed by atoms with van der Waals surface area (Å²) >= 11 is 6.55. The number of anilines is 2. The van der Waals surface area contributed by atoms with Crippen LogP contribution in [-0.2, 0) is 14.3 Å². The molecule has 2 rings (SSSR count). The highest BCUT2D eigenvalue weighted by atomic mass is 79.9. The number of ether oxygens (including phenoxy) is 1. The van der Waals surface area contributed by atoms with Crippen LogP contribution in [0.15, 0.2) is 39.4 Å². The first kappa shape index (κ1) is 18.2. The zero-order chi connectivity index (χ0) is 17.7. The van der Waals surface area contributed by atoms with Gasteiger partial charge >= 0.3 is 11.9 Å². The van der Waals surface area contributed by atoms with Crippen molar-refractivity contribution >= 4 is 61.0 Å². The highest BCUT2D eigenvalue weighted by Gasteiger charge is 2.15. The van der Waals surface area contributed by atoms with Crippen molar-refractivity contribution in [3.63, 3.8) is 0 Å². The Hall–Kier alpha value is -2.13. The van der Waals surface area contributed by atoms with Gasteiger partial charge in [0.05, 0.1) is 15.7 Å². The van der Waals surface area contributed by atoms with Gasteiger partial charge < -0.3 is 20.4 Å². The van der Waals surface area contributed by atoms with Crippen LogP contribution in [0.1, 0.15) is 17.4 Å². The number of carbonyl (C=O) groups excluding carboxylic acids is 3. The predicted octanol–water partition coefficient (Wildman–Crippen LogP) is 3.29. The average molecular weight is 459 g/mol. The maximum atomic E-state index is 12.1. The third-order valence-electron chi connectivity index (χ3n) is 2.83. The van der Waals surface area contributed by atoms with Gasteiger partial charge in [-0.1, -0.05) is 0 Å². The van der Waals surface area contributed by atoms with E-state index in [-0.39, 0.29) is 12.5 Å². The van der Waals surface area contributed by atoms with Crippen molar-refractivity contribution in [1.82, 2.24) is 4.98 Å². The topological polar surface area (TPSA) is 100 Å². The van der Waals surface area contributed by atoms with Crippen LogP contribution in [0.3, 0.4) is 0 Å². The van der Waals surface area contributed by atoms with Gasteiger partial charge in [0.2, 0.25) is 0 Å². The molecule has 0 aliphatic rings. The highest BCUT2D eigenvalue weighted by Crippen LogP contribution is 2.23. The maximum Gasteiger partial charge on any atom is 0.397 e. The molecule has 2 aromatic rings. The van der Waals surface area contributed by atoms with Gasteiger partial charge in [0.25, 0.3) is 5.91 Å². The largest absolute Gasteiger partial charge is 0.459 e. The number of halogens is 2. The number of carbonyl (C=O) groups is 3. The van der Waals surface area contributed by atoms with Crippen LogP contribution in [-0.4, -0.2) is 29.4 Å². The lowest BCUT2D eigenvalue weighted by Gasteiger charge is -2.07. The Labute approximate surface area is 154 Å². The van der Waals surface area contributed by atoms with Crippen LogP contribution < -0.4 is 10.6 Å². The van der Waals surface area contributed by atoms with Crippen molar-refractivity contribution in [3.05, 3.63) is 45.1 Å². The smallest absolute Gasteiger partial charge is 0.397 e. The Kier molecular flexibility index (Phi) is 6.16. The van der Waals surface area contributed by atoms with E-state index in [0.717, 1.165) is 4.47 Å². The molecule has 24 heavy (non-hydrogen) atoms. The van der Waals surface area contributed by atoms with Crippen molar-refractivity contribution in [3.8, 4) is 0 Å². The first-order valence-electron chi connectivity index (χ1n) is 6.84. The van der Waals surface area contributed by atoms with E-state index in [9.17, 15) is 14.4 Å². The van der Waals surface area contributed by atoms with Crippen molar-refractivity contribution in [2.75, 3.05) is 17.2 Å². The summed E-state index contributed by atoms with van der Waals surface area (Å²) in [4.78, 5) is 37.7. The quantitative estimate of drug-likeness (QED) is 0.483. The third-order valence-corrected chi connectivity index (χ3v) is 4.61. The molecule has 0 radical (unpaired) electrons. The summed E-state index contributed by atoms with van der Waals surface area (Å²) in [5, 5.41) is 5.11. The Morgan fingerprint density at radius 3 is 2.17 bits per heavy atom. The zero-order valence-corrected chi connectivity index (χ0v) is 15.7. The molecule has 1 aromatic heterocycles. The van der Waals surface area contributed by atoms with Gasteiger partial charge in [-0.3, -0.25) is 9.59 Å². The van der Waals surface area contributed by atoms with E-state index in [1.165, 1.54) is 0 Å². The maximum absolute atomic E-state index is 12.1. The van der Waals surface area contributed by atoms with E-state index in [0.29, 0.717) is 21.7 Å². The van der Waals surface area contributed by atoms with E-state index in [1.54, 1.807) is 37.3 Å². The third kappa shape index (κ3) is 4.68. The first-order chi connectivity index (χ1) is 11.4. The number of hydrogen-bond donors (Lipinski definition) is 3. The standard InChI is InChI=1S/C15H13Br2N3O4/c1-2-24-15(23)14(22)19-9-5-3-8(4-6-9)18-13(21)11-7-10(16)12(17)20-11/h3-7,20H,2H2,1H3,(H,18,21)(H,19,22). The number of aromatic amines is 1. The number of nitrogens with one attached hydrogen (secondary N) is 3. The highest BCUT2D eigenvalue weighted by molar-refractivity contribution is 9.13. The van der Waals surface area contributed by atoms with E-state index < -0.39 is 11.9 Å². The lowest BCUT2D eigenvalue weighted by Crippen LogP contribution is -2.24. The fourth-order valence-electron chi connectivity index (χ4n) is 1.74. The van der Waals surface area contributed by atoms with E-state index >= 15 is 0 Å². The molecule has 1 aromatic carbocycles. The molecule has 0 spiro atoms. The van der Waals surface area contributed by atoms with E-state index in [4.69, 9.17) is 0 Å². The van der Waals surface area contributed by atoms with Crippen LogP contribution in [0.2, 0.25) is 0 Å². The van der Waals surface area contributed by atoms with Crippen LogP contribution in [0.25, 0.3) is 0 Å². The van der Waals surface area contributed by atoms with Gasteiger partial charge in [-0.05, 0) is 69.1 Å². The summed E-state index contributed by atoms with van der Waals surface area (Å²) in [6, 6.07) is 7.98. The van der Waals surface area contributed by atoms with Crippen LogP contribution >= 0.6 is 31.9 Å². The summed E-state index contributed by atoms with van der Waals surface area (Å²) in [6.07, 6.45) is 0. The molecule has 3 N–H and O–H groups in total. The molecule has 9 heteroatoms. The number of hydrogen-bond acceptors (Lipinski definition) is 4. The Bertz CT molecular complexity index is 752. The second-order valence-electron chi connectivity index (χ2n) is 4.55. The van der Waals surface area contributed by atoms with Crippen molar-refractivity contribution < 1.29 is 19.1 Å². The molecular formula is C15H13Br2N3O4. The number of rotatable bonds is 4. The summed E-state index contributed by atoms with van der Waals surface area (Å²) in [5.41, 5.74) is 1.33. The summed E-state index contributed by atoms with van der Waals surface area (Å²) in [7, 11) is 0. The number of esters is 1. The minimum absolute atomic E-state index is 0.127. The van der Waals surface area contributed by atoms with Gasteiger partial charge in [0.1, 0.15) is 5.69 Å². The minimum Gasteiger partial charge on any atom is -0.459 e. The van der Waals surface area contributed by atoms with Gasteiger partial charge in [-0.25, -0.2) is 4.79 Å². The summed E-state index contributed by atoms with van der Waals surface area (Å²) in [6.45, 7) is 1.74. The number of aromatic nitrogens is 1. The molecular weight excluding hydrogens is 446 g/mol. The molecule has 126 valence electrons. The molecule has 2 amide bonds. The number of benzene rings is 1. The lowest BCUT2D eigenvalue weighted by atomic mass is 10.2. The fourth-order valence-corrected chi connectivity index (χ4v) is 2.40. The van der Waals surface area contributed by atoms with Crippen LogP contribution in [0.4, 0.5) is 11.4 Å². The van der Waals surface area contributed by atoms with Crippen molar-refractivity contribution in [2.24, 2.45) is 0 Å². The van der Waals surface area contributed by atoms with E-state index in [2.05, 4.69) is 52.2 Å². The van der Waals surface area contributed by atoms with Crippen molar-refractivity contribution in [2.45, 2.75) is 6.92 Å². The number of amides is 2. The Morgan fingerprint density at radius 1 is 1.08 bits per heavy atom. The minimum atomic E-state index is -0.947. The fraction of sp³-hybridized carbons (Fsp3) is 0.133. The molecule has 0 aliphatic carbocycles. The average Bonchev–Trinajstić information content (AvgIpc) is 2.89. The molecule has 0 saturated carbocycles. The molecule has 0 bridgehead atoms. The normalized spacial score (nSPS) is 10.1. The molecule has 7 nitrogen and oxygen atoms in total.